The largest absolute Gasteiger partial charge is 0.464 e. The van der Waals surface area contributed by atoms with Gasteiger partial charge >= 0.3 is 5.97 Å². The number of hydrogen-bond donors (Lipinski definition) is 1. The van der Waals surface area contributed by atoms with E-state index in [1.807, 2.05) is 35.2 Å². The molecule has 0 saturated carbocycles. The molecule has 7 nitrogen and oxygen atoms in total. The van der Waals surface area contributed by atoms with E-state index in [1.165, 1.54) is 5.56 Å². The van der Waals surface area contributed by atoms with Gasteiger partial charge in [0, 0.05) is 24.1 Å². The van der Waals surface area contributed by atoms with Crippen LogP contribution in [-0.2, 0) is 29.6 Å². The topological polar surface area (TPSA) is 88.2 Å². The van der Waals surface area contributed by atoms with E-state index >= 15 is 0 Å². The normalized spacial score (nSPS) is 23.7. The van der Waals surface area contributed by atoms with Gasteiger partial charge in [-0.25, -0.2) is 4.79 Å². The Balaban J connectivity index is 1.62. The summed E-state index contributed by atoms with van der Waals surface area (Å²) in [6.45, 7) is 4.75. The highest BCUT2D eigenvalue weighted by molar-refractivity contribution is 7.98. The third-order valence-electron chi connectivity index (χ3n) is 5.66. The monoisotopic (exact) mass is 448 g/mol. The van der Waals surface area contributed by atoms with Crippen LogP contribution in [0.15, 0.2) is 30.3 Å². The van der Waals surface area contributed by atoms with Gasteiger partial charge in [-0.15, -0.1) is 0 Å². The standard InChI is InChI=1S/C23H32N2O5S/c1-3-17-12-8-9-13-25(17)22(27)18(15-31-14-16-10-6-5-7-11-16)24-21(26)19-20(30-19)23(28)29-4-2/h5-7,10-11,17-20H,3-4,8-9,12-15H2,1-2H3,(H,24,26)/t17?,18?,19-,20-/m0/s1. The fraction of sp³-hybridized carbons (Fsp3) is 0.609. The summed E-state index contributed by atoms with van der Waals surface area (Å²) in [5.74, 6) is 0.202. The van der Waals surface area contributed by atoms with Crippen LogP contribution in [0.2, 0.25) is 0 Å². The molecule has 0 spiro atoms. The molecule has 2 unspecified atom stereocenters. The van der Waals surface area contributed by atoms with Crippen LogP contribution < -0.4 is 5.32 Å². The predicted molar refractivity (Wildman–Crippen MR) is 119 cm³/mol. The van der Waals surface area contributed by atoms with Crippen LogP contribution >= 0.6 is 11.8 Å². The number of hydrogen-bond acceptors (Lipinski definition) is 6. The van der Waals surface area contributed by atoms with Crippen LogP contribution in [0.5, 0.6) is 0 Å². The van der Waals surface area contributed by atoms with Crippen LogP contribution in [0, 0.1) is 0 Å². The third-order valence-corrected chi connectivity index (χ3v) is 6.77. The summed E-state index contributed by atoms with van der Waals surface area (Å²) < 4.78 is 10.1. The van der Waals surface area contributed by atoms with Crippen LogP contribution in [0.25, 0.3) is 0 Å². The van der Waals surface area contributed by atoms with Crippen LogP contribution in [0.3, 0.4) is 0 Å². The fourth-order valence-electron chi connectivity index (χ4n) is 3.93. The Labute approximate surface area is 188 Å². The van der Waals surface area contributed by atoms with E-state index in [9.17, 15) is 14.4 Å². The minimum absolute atomic E-state index is 0.0474. The number of piperidine rings is 1. The van der Waals surface area contributed by atoms with Crippen molar-refractivity contribution in [2.75, 3.05) is 18.9 Å². The Morgan fingerprint density at radius 3 is 2.68 bits per heavy atom. The average Bonchev–Trinajstić information content (AvgIpc) is 3.60. The lowest BCUT2D eigenvalue weighted by atomic mass is 9.99. The van der Waals surface area contributed by atoms with Gasteiger partial charge in [-0.3, -0.25) is 9.59 Å². The van der Waals surface area contributed by atoms with Crippen molar-refractivity contribution in [1.29, 1.82) is 0 Å². The Kier molecular flexibility index (Phi) is 8.78. The van der Waals surface area contributed by atoms with Crippen molar-refractivity contribution in [3.05, 3.63) is 35.9 Å². The second-order valence-corrected chi connectivity index (χ2v) is 8.91. The van der Waals surface area contributed by atoms with Crippen molar-refractivity contribution in [1.82, 2.24) is 10.2 Å². The van der Waals surface area contributed by atoms with Gasteiger partial charge in [0.15, 0.2) is 12.2 Å². The maximum Gasteiger partial charge on any atom is 0.338 e. The van der Waals surface area contributed by atoms with Crippen LogP contribution in [-0.4, -0.2) is 65.9 Å². The van der Waals surface area contributed by atoms with Gasteiger partial charge in [0.05, 0.1) is 6.61 Å². The lowest BCUT2D eigenvalue weighted by Crippen LogP contribution is -2.55. The number of epoxide rings is 1. The first kappa shape index (κ1) is 23.6. The number of esters is 1. The molecule has 2 amide bonds. The van der Waals surface area contributed by atoms with E-state index in [2.05, 4.69) is 12.2 Å². The molecule has 0 aliphatic carbocycles. The summed E-state index contributed by atoms with van der Waals surface area (Å²) in [4.78, 5) is 39.8. The van der Waals surface area contributed by atoms with Gasteiger partial charge in [0.1, 0.15) is 6.04 Å². The van der Waals surface area contributed by atoms with Crippen molar-refractivity contribution < 1.29 is 23.9 Å². The predicted octanol–water partition coefficient (Wildman–Crippen LogP) is 2.53. The van der Waals surface area contributed by atoms with Crippen molar-refractivity contribution in [3.8, 4) is 0 Å². The molecule has 0 radical (unpaired) electrons. The Morgan fingerprint density at radius 2 is 1.97 bits per heavy atom. The zero-order valence-electron chi connectivity index (χ0n) is 18.2. The average molecular weight is 449 g/mol. The highest BCUT2D eigenvalue weighted by atomic mass is 32.2. The molecular weight excluding hydrogens is 416 g/mol. The van der Waals surface area contributed by atoms with Gasteiger partial charge in [-0.05, 0) is 38.2 Å². The highest BCUT2D eigenvalue weighted by Gasteiger charge is 2.52. The lowest BCUT2D eigenvalue weighted by molar-refractivity contribution is -0.144. The number of amides is 2. The highest BCUT2D eigenvalue weighted by Crippen LogP contribution is 2.25. The molecule has 2 aliphatic heterocycles. The van der Waals surface area contributed by atoms with Crippen LogP contribution in [0.1, 0.15) is 45.1 Å². The second kappa shape index (κ2) is 11.5. The zero-order valence-corrected chi connectivity index (χ0v) is 19.1. The summed E-state index contributed by atoms with van der Waals surface area (Å²) in [7, 11) is 0. The molecule has 0 aromatic heterocycles. The van der Waals surface area contributed by atoms with E-state index in [-0.39, 0.29) is 18.6 Å². The molecular formula is C23H32N2O5S. The van der Waals surface area contributed by atoms with Gasteiger partial charge in [-0.1, -0.05) is 37.3 Å². The van der Waals surface area contributed by atoms with E-state index < -0.39 is 30.1 Å². The summed E-state index contributed by atoms with van der Waals surface area (Å²) in [6.07, 6.45) is 2.26. The van der Waals surface area contributed by atoms with E-state index in [1.54, 1.807) is 18.7 Å². The van der Waals surface area contributed by atoms with Gasteiger partial charge in [-0.2, -0.15) is 11.8 Å². The summed E-state index contributed by atoms with van der Waals surface area (Å²) in [5.41, 5.74) is 1.17. The molecule has 170 valence electrons. The minimum atomic E-state index is -0.878. The first-order valence-corrected chi connectivity index (χ1v) is 12.2. The first-order valence-electron chi connectivity index (χ1n) is 11.1. The lowest BCUT2D eigenvalue weighted by Gasteiger charge is -2.37. The number of thioether (sulfide) groups is 1. The molecule has 4 atom stereocenters. The van der Waals surface area contributed by atoms with Gasteiger partial charge in [0.2, 0.25) is 5.91 Å². The van der Waals surface area contributed by atoms with E-state index in [0.717, 1.165) is 38.0 Å². The Morgan fingerprint density at radius 1 is 1.19 bits per heavy atom. The van der Waals surface area contributed by atoms with Crippen molar-refractivity contribution >= 4 is 29.5 Å². The Bertz CT molecular complexity index is 760. The molecule has 2 fully saturated rings. The molecule has 1 aromatic carbocycles. The third kappa shape index (κ3) is 6.46. The maximum atomic E-state index is 13.4. The number of ether oxygens (including phenoxy) is 2. The molecule has 1 N–H and O–H groups in total. The zero-order chi connectivity index (χ0) is 22.2. The number of carbonyl (C=O) groups is 3. The molecule has 2 saturated heterocycles. The fourth-order valence-corrected chi connectivity index (χ4v) is 4.94. The van der Waals surface area contributed by atoms with E-state index in [0.29, 0.717) is 5.75 Å². The SMILES string of the molecule is CCOC(=O)[C@H]1O[C@@H]1C(=O)NC(CSCc1ccccc1)C(=O)N1CCCCC1CC. The second-order valence-electron chi connectivity index (χ2n) is 7.88. The van der Waals surface area contributed by atoms with Gasteiger partial charge in [0.25, 0.3) is 5.91 Å². The molecule has 2 aliphatic rings. The molecule has 2 heterocycles. The number of carbonyl (C=O) groups excluding carboxylic acids is 3. The van der Waals surface area contributed by atoms with Gasteiger partial charge < -0.3 is 19.7 Å². The quantitative estimate of drug-likeness (QED) is 0.437. The summed E-state index contributed by atoms with van der Waals surface area (Å²) >= 11 is 1.61. The number of nitrogens with one attached hydrogen (secondary N) is 1. The minimum Gasteiger partial charge on any atom is -0.464 e. The van der Waals surface area contributed by atoms with Crippen molar-refractivity contribution in [2.24, 2.45) is 0 Å². The van der Waals surface area contributed by atoms with Crippen LogP contribution in [0.4, 0.5) is 0 Å². The van der Waals surface area contributed by atoms with Crippen molar-refractivity contribution in [2.45, 2.75) is 69.6 Å². The maximum absolute atomic E-state index is 13.4. The van der Waals surface area contributed by atoms with E-state index in [4.69, 9.17) is 9.47 Å². The molecule has 3 rings (SSSR count). The summed E-state index contributed by atoms with van der Waals surface area (Å²) in [6, 6.07) is 9.59. The first-order chi connectivity index (χ1) is 15.0. The molecule has 8 heteroatoms. The molecule has 1 aromatic rings. The molecule has 0 bridgehead atoms. The van der Waals surface area contributed by atoms with Crippen molar-refractivity contribution in [3.63, 3.8) is 0 Å². The number of likely N-dealkylation sites (tertiary alicyclic amines) is 1. The number of rotatable bonds is 10. The summed E-state index contributed by atoms with van der Waals surface area (Å²) in [5, 5.41) is 2.85. The smallest absolute Gasteiger partial charge is 0.338 e. The number of benzene rings is 1. The molecule has 31 heavy (non-hydrogen) atoms. The number of nitrogens with zero attached hydrogens (tertiary/aromatic N) is 1. The Hall–Kier alpha value is -2.06.